The van der Waals surface area contributed by atoms with Crippen LogP contribution in [-0.2, 0) is 0 Å². The molecule has 1 fully saturated rings. The van der Waals surface area contributed by atoms with Crippen molar-refractivity contribution in [2.75, 3.05) is 19.6 Å². The van der Waals surface area contributed by atoms with Gasteiger partial charge in [0.1, 0.15) is 0 Å². The normalized spacial score (nSPS) is 19.6. The molecule has 1 atom stereocenters. The summed E-state index contributed by atoms with van der Waals surface area (Å²) in [4.78, 5) is 4.13. The molecule has 20 heavy (non-hydrogen) atoms. The van der Waals surface area contributed by atoms with Crippen LogP contribution in [0.4, 0.5) is 0 Å². The Morgan fingerprint density at radius 2 is 2.10 bits per heavy atom. The molecular weight excluding hydrogens is 264 g/mol. The van der Waals surface area contributed by atoms with Gasteiger partial charge >= 0.3 is 0 Å². The van der Waals surface area contributed by atoms with Crippen LogP contribution >= 0.6 is 11.3 Å². The van der Waals surface area contributed by atoms with E-state index < -0.39 is 0 Å². The first-order valence-corrected chi connectivity index (χ1v) is 9.10. The SMILES string of the molecule is CCCCN1CCC(NC(c2cccs2)C(C)C)CC1. The minimum Gasteiger partial charge on any atom is -0.306 e. The van der Waals surface area contributed by atoms with Gasteiger partial charge in [-0.2, -0.15) is 0 Å². The number of rotatable bonds is 7. The molecule has 0 amide bonds. The first-order valence-electron chi connectivity index (χ1n) is 8.22. The van der Waals surface area contributed by atoms with Crippen molar-refractivity contribution in [2.24, 2.45) is 5.92 Å². The fourth-order valence-electron chi connectivity index (χ4n) is 3.03. The second kappa shape index (κ2) is 8.16. The van der Waals surface area contributed by atoms with E-state index in [1.165, 1.54) is 50.2 Å². The van der Waals surface area contributed by atoms with Crippen molar-refractivity contribution in [3.8, 4) is 0 Å². The average Bonchev–Trinajstić information content (AvgIpc) is 2.97. The van der Waals surface area contributed by atoms with E-state index in [1.54, 1.807) is 0 Å². The lowest BCUT2D eigenvalue weighted by molar-refractivity contribution is 0.183. The van der Waals surface area contributed by atoms with E-state index in [1.807, 2.05) is 11.3 Å². The van der Waals surface area contributed by atoms with Crippen molar-refractivity contribution < 1.29 is 0 Å². The predicted molar refractivity (Wildman–Crippen MR) is 89.4 cm³/mol. The third-order valence-electron chi connectivity index (χ3n) is 4.35. The molecule has 0 spiro atoms. The molecule has 2 nitrogen and oxygen atoms in total. The van der Waals surface area contributed by atoms with E-state index in [0.29, 0.717) is 18.0 Å². The molecule has 0 bridgehead atoms. The Balaban J connectivity index is 1.81. The van der Waals surface area contributed by atoms with Gasteiger partial charge in [0.25, 0.3) is 0 Å². The van der Waals surface area contributed by atoms with Crippen LogP contribution in [0.3, 0.4) is 0 Å². The molecule has 2 heterocycles. The van der Waals surface area contributed by atoms with Crippen molar-refractivity contribution in [1.29, 1.82) is 0 Å². The Labute approximate surface area is 128 Å². The van der Waals surface area contributed by atoms with Gasteiger partial charge in [-0.05, 0) is 56.3 Å². The van der Waals surface area contributed by atoms with Crippen LogP contribution in [0.15, 0.2) is 17.5 Å². The van der Waals surface area contributed by atoms with Crippen molar-refractivity contribution in [2.45, 2.75) is 58.5 Å². The summed E-state index contributed by atoms with van der Waals surface area (Å²) in [7, 11) is 0. The van der Waals surface area contributed by atoms with Gasteiger partial charge in [0.2, 0.25) is 0 Å². The Bertz CT molecular complexity index is 353. The van der Waals surface area contributed by atoms with Gasteiger partial charge in [-0.1, -0.05) is 33.3 Å². The molecule has 0 radical (unpaired) electrons. The zero-order valence-electron chi connectivity index (χ0n) is 13.3. The molecule has 1 aliphatic heterocycles. The second-order valence-corrected chi connectivity index (χ2v) is 7.35. The van der Waals surface area contributed by atoms with Gasteiger partial charge in [-0.3, -0.25) is 0 Å². The Kier molecular flexibility index (Phi) is 6.53. The molecule has 1 aromatic rings. The van der Waals surface area contributed by atoms with E-state index >= 15 is 0 Å². The summed E-state index contributed by atoms with van der Waals surface area (Å²) in [5.41, 5.74) is 0. The number of nitrogens with zero attached hydrogens (tertiary/aromatic N) is 1. The van der Waals surface area contributed by atoms with E-state index in [4.69, 9.17) is 0 Å². The summed E-state index contributed by atoms with van der Waals surface area (Å²) in [5, 5.41) is 6.11. The van der Waals surface area contributed by atoms with Crippen LogP contribution in [0.2, 0.25) is 0 Å². The van der Waals surface area contributed by atoms with Crippen molar-refractivity contribution in [3.63, 3.8) is 0 Å². The number of piperidine rings is 1. The molecule has 3 heteroatoms. The van der Waals surface area contributed by atoms with Crippen molar-refractivity contribution in [1.82, 2.24) is 10.2 Å². The quantitative estimate of drug-likeness (QED) is 0.806. The smallest absolute Gasteiger partial charge is 0.0440 e. The summed E-state index contributed by atoms with van der Waals surface area (Å²) in [6.45, 7) is 10.8. The molecule has 1 unspecified atom stereocenters. The predicted octanol–water partition coefficient (Wildman–Crippen LogP) is 4.30. The highest BCUT2D eigenvalue weighted by Crippen LogP contribution is 2.27. The first-order chi connectivity index (χ1) is 9.70. The van der Waals surface area contributed by atoms with Crippen LogP contribution in [0.5, 0.6) is 0 Å². The number of hydrogen-bond acceptors (Lipinski definition) is 3. The molecule has 1 aliphatic rings. The zero-order valence-corrected chi connectivity index (χ0v) is 14.1. The molecule has 0 saturated carbocycles. The maximum atomic E-state index is 3.92. The summed E-state index contributed by atoms with van der Waals surface area (Å²) < 4.78 is 0. The summed E-state index contributed by atoms with van der Waals surface area (Å²) in [6, 6.07) is 5.67. The van der Waals surface area contributed by atoms with Crippen molar-refractivity contribution >= 4 is 11.3 Å². The van der Waals surface area contributed by atoms with Gasteiger partial charge in [0.15, 0.2) is 0 Å². The van der Waals surface area contributed by atoms with E-state index in [0.717, 1.165) is 0 Å². The number of thiophene rings is 1. The van der Waals surface area contributed by atoms with Crippen LogP contribution < -0.4 is 5.32 Å². The Hall–Kier alpha value is -0.380. The van der Waals surface area contributed by atoms with Gasteiger partial charge in [-0.25, -0.2) is 0 Å². The number of nitrogens with one attached hydrogen (secondary N) is 1. The Morgan fingerprint density at radius 3 is 2.65 bits per heavy atom. The van der Waals surface area contributed by atoms with Crippen LogP contribution in [-0.4, -0.2) is 30.6 Å². The van der Waals surface area contributed by atoms with Crippen LogP contribution in [0.25, 0.3) is 0 Å². The van der Waals surface area contributed by atoms with Gasteiger partial charge in [-0.15, -0.1) is 11.3 Å². The average molecular weight is 295 g/mol. The minimum atomic E-state index is 0.530. The molecule has 0 aliphatic carbocycles. The lowest BCUT2D eigenvalue weighted by atomic mass is 9.98. The zero-order chi connectivity index (χ0) is 14.4. The lowest BCUT2D eigenvalue weighted by Crippen LogP contribution is -2.44. The van der Waals surface area contributed by atoms with E-state index in [2.05, 4.69) is 48.5 Å². The highest BCUT2D eigenvalue weighted by Gasteiger charge is 2.24. The molecule has 0 aromatic carbocycles. The van der Waals surface area contributed by atoms with Gasteiger partial charge in [0.05, 0.1) is 0 Å². The second-order valence-electron chi connectivity index (χ2n) is 6.37. The molecule has 1 aromatic heterocycles. The minimum absolute atomic E-state index is 0.530. The monoisotopic (exact) mass is 294 g/mol. The van der Waals surface area contributed by atoms with Crippen LogP contribution in [0.1, 0.15) is 57.4 Å². The maximum Gasteiger partial charge on any atom is 0.0440 e. The molecular formula is C17H30N2S. The van der Waals surface area contributed by atoms with Crippen molar-refractivity contribution in [3.05, 3.63) is 22.4 Å². The topological polar surface area (TPSA) is 15.3 Å². The Morgan fingerprint density at radius 1 is 1.35 bits per heavy atom. The molecule has 1 saturated heterocycles. The maximum absolute atomic E-state index is 3.92. The summed E-state index contributed by atoms with van der Waals surface area (Å²) in [5.74, 6) is 0.659. The van der Waals surface area contributed by atoms with E-state index in [9.17, 15) is 0 Å². The third-order valence-corrected chi connectivity index (χ3v) is 5.30. The van der Waals surface area contributed by atoms with E-state index in [-0.39, 0.29) is 0 Å². The molecule has 2 rings (SSSR count). The lowest BCUT2D eigenvalue weighted by Gasteiger charge is -2.35. The largest absolute Gasteiger partial charge is 0.306 e. The fourth-order valence-corrected chi connectivity index (χ4v) is 3.99. The number of hydrogen-bond donors (Lipinski definition) is 1. The third kappa shape index (κ3) is 4.57. The van der Waals surface area contributed by atoms with Gasteiger partial charge < -0.3 is 10.2 Å². The van der Waals surface area contributed by atoms with Crippen LogP contribution in [0, 0.1) is 5.92 Å². The summed E-state index contributed by atoms with van der Waals surface area (Å²) in [6.07, 6.45) is 5.27. The highest BCUT2D eigenvalue weighted by atomic mass is 32.1. The number of unbranched alkanes of at least 4 members (excludes halogenated alkanes) is 1. The standard InChI is InChI=1S/C17H30N2S/c1-4-5-10-19-11-8-15(9-12-19)18-17(14(2)3)16-7-6-13-20-16/h6-7,13-15,17-18H,4-5,8-12H2,1-3H3. The fraction of sp³-hybridized carbons (Fsp3) is 0.765. The first kappa shape index (κ1) is 16.0. The number of likely N-dealkylation sites (tertiary alicyclic amines) is 1. The highest BCUT2D eigenvalue weighted by molar-refractivity contribution is 7.10. The van der Waals surface area contributed by atoms with Gasteiger partial charge in [0, 0.05) is 17.0 Å². The molecule has 114 valence electrons. The summed E-state index contributed by atoms with van der Waals surface area (Å²) >= 11 is 1.89. The molecule has 1 N–H and O–H groups in total.